The molecule has 92 valence electrons. The van der Waals surface area contributed by atoms with E-state index < -0.39 is 0 Å². The molecule has 1 saturated heterocycles. The van der Waals surface area contributed by atoms with Gasteiger partial charge in [0.15, 0.2) is 0 Å². The number of hydrogen-bond donors (Lipinski definition) is 1. The van der Waals surface area contributed by atoms with E-state index in [1.807, 2.05) is 23.1 Å². The third kappa shape index (κ3) is 2.82. The summed E-state index contributed by atoms with van der Waals surface area (Å²) in [6.07, 6.45) is 2.13. The van der Waals surface area contributed by atoms with Crippen LogP contribution in [0.4, 0.5) is 0 Å². The van der Waals surface area contributed by atoms with E-state index in [1.165, 1.54) is 0 Å². The summed E-state index contributed by atoms with van der Waals surface area (Å²) in [4.78, 5) is 18.4. The molecular formula is C13H19N3O. The highest BCUT2D eigenvalue weighted by Gasteiger charge is 2.28. The van der Waals surface area contributed by atoms with Gasteiger partial charge in [0.1, 0.15) is 0 Å². The fourth-order valence-electron chi connectivity index (χ4n) is 2.37. The molecule has 0 aliphatic carbocycles. The molecule has 2 heterocycles. The lowest BCUT2D eigenvalue weighted by molar-refractivity contribution is -0.135. The SMILES string of the molecule is CC1CNCC(C)N1C(=O)Cc1ccccn1. The van der Waals surface area contributed by atoms with E-state index in [0.29, 0.717) is 6.42 Å². The molecule has 4 heteroatoms. The molecule has 0 aromatic carbocycles. The Kier molecular flexibility index (Phi) is 3.74. The number of piperazine rings is 1. The van der Waals surface area contributed by atoms with E-state index in [9.17, 15) is 4.79 Å². The van der Waals surface area contributed by atoms with E-state index in [1.54, 1.807) is 6.20 Å². The second kappa shape index (κ2) is 5.27. The van der Waals surface area contributed by atoms with E-state index in [2.05, 4.69) is 24.1 Å². The summed E-state index contributed by atoms with van der Waals surface area (Å²) in [5.74, 6) is 0.171. The Balaban J connectivity index is 2.04. The monoisotopic (exact) mass is 233 g/mol. The molecule has 0 spiro atoms. The molecule has 1 N–H and O–H groups in total. The molecule has 1 aromatic rings. The van der Waals surface area contributed by atoms with Crippen molar-refractivity contribution in [3.8, 4) is 0 Å². The topological polar surface area (TPSA) is 45.2 Å². The average molecular weight is 233 g/mol. The number of pyridine rings is 1. The number of rotatable bonds is 2. The second-order valence-electron chi connectivity index (χ2n) is 4.66. The van der Waals surface area contributed by atoms with Crippen LogP contribution >= 0.6 is 0 Å². The minimum absolute atomic E-state index is 0.171. The van der Waals surface area contributed by atoms with Crippen molar-refractivity contribution in [2.24, 2.45) is 0 Å². The minimum Gasteiger partial charge on any atom is -0.334 e. The first-order valence-electron chi connectivity index (χ1n) is 6.10. The zero-order chi connectivity index (χ0) is 12.3. The highest BCUT2D eigenvalue weighted by atomic mass is 16.2. The summed E-state index contributed by atoms with van der Waals surface area (Å²) >= 11 is 0. The van der Waals surface area contributed by atoms with Crippen molar-refractivity contribution in [3.05, 3.63) is 30.1 Å². The Morgan fingerprint density at radius 2 is 2.12 bits per heavy atom. The molecule has 1 aliphatic rings. The number of hydrogen-bond acceptors (Lipinski definition) is 3. The summed E-state index contributed by atoms with van der Waals surface area (Å²) in [5.41, 5.74) is 0.843. The predicted octanol–water partition coefficient (Wildman–Crippen LogP) is 0.833. The number of nitrogens with zero attached hydrogens (tertiary/aromatic N) is 2. The van der Waals surface area contributed by atoms with Gasteiger partial charge in [0, 0.05) is 37.1 Å². The Bertz CT molecular complexity index is 370. The van der Waals surface area contributed by atoms with Gasteiger partial charge in [-0.3, -0.25) is 9.78 Å². The molecular weight excluding hydrogens is 214 g/mol. The van der Waals surface area contributed by atoms with E-state index in [-0.39, 0.29) is 18.0 Å². The van der Waals surface area contributed by atoms with Gasteiger partial charge in [-0.25, -0.2) is 0 Å². The molecule has 17 heavy (non-hydrogen) atoms. The summed E-state index contributed by atoms with van der Waals surface area (Å²) in [7, 11) is 0. The third-order valence-electron chi connectivity index (χ3n) is 3.18. The quantitative estimate of drug-likeness (QED) is 0.823. The van der Waals surface area contributed by atoms with Crippen LogP contribution in [0.3, 0.4) is 0 Å². The summed E-state index contributed by atoms with van der Waals surface area (Å²) < 4.78 is 0. The van der Waals surface area contributed by atoms with E-state index in [4.69, 9.17) is 0 Å². The summed E-state index contributed by atoms with van der Waals surface area (Å²) in [6, 6.07) is 6.20. The summed E-state index contributed by atoms with van der Waals surface area (Å²) in [5, 5.41) is 3.32. The second-order valence-corrected chi connectivity index (χ2v) is 4.66. The first kappa shape index (κ1) is 12.0. The molecule has 2 rings (SSSR count). The highest BCUT2D eigenvalue weighted by molar-refractivity contribution is 5.79. The van der Waals surface area contributed by atoms with Crippen LogP contribution in [0.5, 0.6) is 0 Å². The normalized spacial score (nSPS) is 24.7. The smallest absolute Gasteiger partial charge is 0.229 e. The van der Waals surface area contributed by atoms with Gasteiger partial charge in [-0.2, -0.15) is 0 Å². The first-order chi connectivity index (χ1) is 8.18. The van der Waals surface area contributed by atoms with Gasteiger partial charge in [0.05, 0.1) is 6.42 Å². The van der Waals surface area contributed by atoms with Gasteiger partial charge in [0.25, 0.3) is 0 Å². The van der Waals surface area contributed by atoms with Crippen molar-refractivity contribution >= 4 is 5.91 Å². The zero-order valence-electron chi connectivity index (χ0n) is 10.4. The lowest BCUT2D eigenvalue weighted by Crippen LogP contribution is -2.57. The van der Waals surface area contributed by atoms with Gasteiger partial charge in [-0.1, -0.05) is 6.07 Å². The maximum absolute atomic E-state index is 12.2. The zero-order valence-corrected chi connectivity index (χ0v) is 10.4. The van der Waals surface area contributed by atoms with Crippen molar-refractivity contribution in [2.45, 2.75) is 32.4 Å². The van der Waals surface area contributed by atoms with Crippen molar-refractivity contribution < 1.29 is 4.79 Å². The van der Waals surface area contributed by atoms with Crippen LogP contribution in [0, 0.1) is 0 Å². The molecule has 4 nitrogen and oxygen atoms in total. The average Bonchev–Trinajstić information content (AvgIpc) is 2.30. The number of carbonyl (C=O) groups excluding carboxylic acids is 1. The van der Waals surface area contributed by atoms with Gasteiger partial charge in [-0.15, -0.1) is 0 Å². The van der Waals surface area contributed by atoms with Crippen molar-refractivity contribution in [3.63, 3.8) is 0 Å². The Labute approximate surface area is 102 Å². The number of nitrogens with one attached hydrogen (secondary N) is 1. The van der Waals surface area contributed by atoms with Crippen LogP contribution in [0.1, 0.15) is 19.5 Å². The lowest BCUT2D eigenvalue weighted by Gasteiger charge is -2.39. The number of carbonyl (C=O) groups is 1. The van der Waals surface area contributed by atoms with Crippen molar-refractivity contribution in [2.75, 3.05) is 13.1 Å². The fourth-order valence-corrected chi connectivity index (χ4v) is 2.37. The van der Waals surface area contributed by atoms with Crippen LogP contribution < -0.4 is 5.32 Å². The maximum Gasteiger partial charge on any atom is 0.229 e. The van der Waals surface area contributed by atoms with Crippen LogP contribution in [-0.2, 0) is 11.2 Å². The van der Waals surface area contributed by atoms with E-state index >= 15 is 0 Å². The molecule has 2 unspecified atom stereocenters. The largest absolute Gasteiger partial charge is 0.334 e. The van der Waals surface area contributed by atoms with Crippen molar-refractivity contribution in [1.82, 2.24) is 15.2 Å². The molecule has 1 aromatic heterocycles. The van der Waals surface area contributed by atoms with Crippen LogP contribution in [0.15, 0.2) is 24.4 Å². The number of amides is 1. The third-order valence-corrected chi connectivity index (χ3v) is 3.18. The number of aromatic nitrogens is 1. The van der Waals surface area contributed by atoms with E-state index in [0.717, 1.165) is 18.8 Å². The first-order valence-corrected chi connectivity index (χ1v) is 6.10. The highest BCUT2D eigenvalue weighted by Crippen LogP contribution is 2.12. The van der Waals surface area contributed by atoms with Crippen molar-refractivity contribution in [1.29, 1.82) is 0 Å². The fraction of sp³-hybridized carbons (Fsp3) is 0.538. The van der Waals surface area contributed by atoms with Gasteiger partial charge >= 0.3 is 0 Å². The lowest BCUT2D eigenvalue weighted by atomic mass is 10.1. The molecule has 0 radical (unpaired) electrons. The Morgan fingerprint density at radius 3 is 2.71 bits per heavy atom. The van der Waals surface area contributed by atoms with Gasteiger partial charge in [0.2, 0.25) is 5.91 Å². The minimum atomic E-state index is 0.171. The van der Waals surface area contributed by atoms with Gasteiger partial charge < -0.3 is 10.2 Å². The van der Waals surface area contributed by atoms with Gasteiger partial charge in [-0.05, 0) is 26.0 Å². The maximum atomic E-state index is 12.2. The molecule has 0 bridgehead atoms. The molecule has 1 amide bonds. The molecule has 2 atom stereocenters. The molecule has 1 aliphatic heterocycles. The standard InChI is InChI=1S/C13H19N3O/c1-10-8-14-9-11(2)16(10)13(17)7-12-5-3-4-6-15-12/h3-6,10-11,14H,7-9H2,1-2H3. The predicted molar refractivity (Wildman–Crippen MR) is 66.6 cm³/mol. The Hall–Kier alpha value is -1.42. The molecule has 1 fully saturated rings. The van der Waals surface area contributed by atoms with Crippen LogP contribution in [0.25, 0.3) is 0 Å². The molecule has 0 saturated carbocycles. The Morgan fingerprint density at radius 1 is 1.41 bits per heavy atom. The summed E-state index contributed by atoms with van der Waals surface area (Å²) in [6.45, 7) is 5.91. The van der Waals surface area contributed by atoms with Crippen LogP contribution in [0.2, 0.25) is 0 Å². The van der Waals surface area contributed by atoms with Crippen LogP contribution in [-0.4, -0.2) is 41.0 Å².